The summed E-state index contributed by atoms with van der Waals surface area (Å²) in [6.07, 6.45) is 21.5. The molecule has 1 aliphatic rings. The van der Waals surface area contributed by atoms with Crippen molar-refractivity contribution < 1.29 is 14.2 Å². The molecule has 1 aromatic rings. The number of thioether (sulfide) groups is 1. The van der Waals surface area contributed by atoms with Crippen LogP contribution in [0.2, 0.25) is 0 Å². The number of unbranched alkanes of at least 4 members (excludes halogenated alkanes) is 13. The molecule has 36 heavy (non-hydrogen) atoms. The first-order valence-electron chi connectivity index (χ1n) is 14.6. The van der Waals surface area contributed by atoms with Crippen molar-refractivity contribution in [3.63, 3.8) is 0 Å². The second kappa shape index (κ2) is 22.0. The van der Waals surface area contributed by atoms with Gasteiger partial charge in [0.05, 0.1) is 25.7 Å². The Labute approximate surface area is 226 Å². The maximum Gasteiger partial charge on any atom is 0.104 e. The third-order valence-electron chi connectivity index (χ3n) is 6.87. The smallest absolute Gasteiger partial charge is 0.104 e. The van der Waals surface area contributed by atoms with Crippen LogP contribution in [0.3, 0.4) is 0 Å². The van der Waals surface area contributed by atoms with Gasteiger partial charge in [0, 0.05) is 26.5 Å². The summed E-state index contributed by atoms with van der Waals surface area (Å²) in [6, 6.07) is 8.72. The highest BCUT2D eigenvalue weighted by molar-refractivity contribution is 8.02. The maximum atomic E-state index is 5.90. The van der Waals surface area contributed by atoms with E-state index in [1.165, 1.54) is 94.6 Å². The summed E-state index contributed by atoms with van der Waals surface area (Å²) >= 11 is 1.84. The number of methoxy groups -OCH3 is 1. The van der Waals surface area contributed by atoms with Crippen molar-refractivity contribution in [2.75, 3.05) is 32.8 Å². The molecule has 0 saturated carbocycles. The Hall–Kier alpha value is -1.01. The van der Waals surface area contributed by atoms with Crippen LogP contribution in [0.5, 0.6) is 0 Å². The fraction of sp³-hybridized carbons (Fsp3) is 0.742. The van der Waals surface area contributed by atoms with Gasteiger partial charge in [-0.15, -0.1) is 11.8 Å². The molecule has 1 aliphatic heterocycles. The zero-order valence-corrected chi connectivity index (χ0v) is 24.1. The van der Waals surface area contributed by atoms with Crippen LogP contribution in [0.1, 0.15) is 108 Å². The van der Waals surface area contributed by atoms with E-state index in [2.05, 4.69) is 47.7 Å². The van der Waals surface area contributed by atoms with E-state index in [1.54, 1.807) is 7.11 Å². The Balaban J connectivity index is 1.36. The second-order valence-electron chi connectivity index (χ2n) is 10.2. The summed E-state index contributed by atoms with van der Waals surface area (Å²) < 4.78 is 17.3. The standard InChI is InChI=1S/C31H53NO3S/c1-3-4-5-6-7-8-9-10-11-12-13-14-15-16-22-34-26-31(33-2)27-35-25-30-19-17-29(18-20-30)24-32-21-23-36-28-32/h17-21,23,31H,3-16,22,24-28H2,1-2H3. The highest BCUT2D eigenvalue weighted by Gasteiger charge is 2.09. The van der Waals surface area contributed by atoms with Gasteiger partial charge < -0.3 is 19.1 Å². The van der Waals surface area contributed by atoms with Crippen LogP contribution in [0.15, 0.2) is 35.9 Å². The summed E-state index contributed by atoms with van der Waals surface area (Å²) in [6.45, 7) is 5.86. The predicted molar refractivity (Wildman–Crippen MR) is 155 cm³/mol. The highest BCUT2D eigenvalue weighted by atomic mass is 32.2. The molecule has 0 spiro atoms. The zero-order valence-electron chi connectivity index (χ0n) is 23.3. The number of nitrogens with zero attached hydrogens (tertiary/aromatic N) is 1. The molecule has 4 nitrogen and oxygen atoms in total. The van der Waals surface area contributed by atoms with Crippen LogP contribution in [0, 0.1) is 0 Å². The van der Waals surface area contributed by atoms with Crippen LogP contribution < -0.4 is 0 Å². The van der Waals surface area contributed by atoms with E-state index < -0.39 is 0 Å². The summed E-state index contributed by atoms with van der Waals surface area (Å²) in [5.74, 6) is 1.05. The van der Waals surface area contributed by atoms with Gasteiger partial charge in [0.15, 0.2) is 0 Å². The van der Waals surface area contributed by atoms with Crippen molar-refractivity contribution in [3.05, 3.63) is 47.0 Å². The minimum atomic E-state index is -0.00429. The molecule has 0 N–H and O–H groups in total. The van der Waals surface area contributed by atoms with Gasteiger partial charge in [0.1, 0.15) is 6.10 Å². The lowest BCUT2D eigenvalue weighted by molar-refractivity contribution is -0.0451. The van der Waals surface area contributed by atoms with E-state index >= 15 is 0 Å². The molecule has 1 atom stereocenters. The molecule has 0 saturated heterocycles. The van der Waals surface area contributed by atoms with Crippen LogP contribution in [-0.2, 0) is 27.4 Å². The average Bonchev–Trinajstić information content (AvgIpc) is 3.41. The highest BCUT2D eigenvalue weighted by Crippen LogP contribution is 2.18. The molecule has 2 rings (SSSR count). The Bertz CT molecular complexity index is 652. The first-order valence-corrected chi connectivity index (χ1v) is 15.6. The molecule has 1 aromatic carbocycles. The van der Waals surface area contributed by atoms with Crippen molar-refractivity contribution in [3.8, 4) is 0 Å². The lowest BCUT2D eigenvalue weighted by Crippen LogP contribution is -2.24. The van der Waals surface area contributed by atoms with Gasteiger partial charge in [-0.2, -0.15) is 0 Å². The van der Waals surface area contributed by atoms with E-state index in [-0.39, 0.29) is 6.10 Å². The first-order chi connectivity index (χ1) is 17.8. The lowest BCUT2D eigenvalue weighted by Gasteiger charge is -2.16. The Morgan fingerprint density at radius 2 is 1.31 bits per heavy atom. The molecule has 1 unspecified atom stereocenters. The quantitative estimate of drug-likeness (QED) is 0.127. The van der Waals surface area contributed by atoms with Crippen molar-refractivity contribution in [2.24, 2.45) is 0 Å². The number of ether oxygens (including phenoxy) is 3. The van der Waals surface area contributed by atoms with E-state index in [9.17, 15) is 0 Å². The molecule has 0 aromatic heterocycles. The van der Waals surface area contributed by atoms with E-state index in [1.807, 2.05) is 11.8 Å². The Morgan fingerprint density at radius 1 is 0.750 bits per heavy atom. The summed E-state index contributed by atoms with van der Waals surface area (Å²) in [4.78, 5) is 2.32. The molecule has 0 aliphatic carbocycles. The number of hydrogen-bond acceptors (Lipinski definition) is 5. The van der Waals surface area contributed by atoms with Gasteiger partial charge in [-0.25, -0.2) is 0 Å². The third kappa shape index (κ3) is 16.0. The SMILES string of the molecule is CCCCCCCCCCCCCCCCOCC(COCc1ccc(CN2C=CSC2)cc1)OC. The Morgan fingerprint density at radius 3 is 1.86 bits per heavy atom. The van der Waals surface area contributed by atoms with Crippen molar-refractivity contribution >= 4 is 11.8 Å². The van der Waals surface area contributed by atoms with E-state index in [4.69, 9.17) is 14.2 Å². The Kier molecular flexibility index (Phi) is 19.1. The monoisotopic (exact) mass is 519 g/mol. The maximum absolute atomic E-state index is 5.90. The fourth-order valence-electron chi connectivity index (χ4n) is 4.49. The summed E-state index contributed by atoms with van der Waals surface area (Å²) in [7, 11) is 1.74. The van der Waals surface area contributed by atoms with Crippen LogP contribution in [0.25, 0.3) is 0 Å². The van der Waals surface area contributed by atoms with Gasteiger partial charge in [-0.3, -0.25) is 0 Å². The predicted octanol–water partition coefficient (Wildman–Crippen LogP) is 8.69. The molecule has 0 radical (unpaired) electrons. The number of hydrogen-bond donors (Lipinski definition) is 0. The van der Waals surface area contributed by atoms with Crippen molar-refractivity contribution in [2.45, 2.75) is 116 Å². The molecule has 206 valence electrons. The van der Waals surface area contributed by atoms with Crippen LogP contribution >= 0.6 is 11.8 Å². The largest absolute Gasteiger partial charge is 0.379 e. The third-order valence-corrected chi connectivity index (χ3v) is 7.66. The van der Waals surface area contributed by atoms with Gasteiger partial charge >= 0.3 is 0 Å². The van der Waals surface area contributed by atoms with E-state index in [0.717, 1.165) is 25.4 Å². The van der Waals surface area contributed by atoms with Gasteiger partial charge in [-0.05, 0) is 23.0 Å². The number of benzene rings is 1. The zero-order chi connectivity index (χ0) is 25.5. The fourth-order valence-corrected chi connectivity index (χ4v) is 5.20. The molecular weight excluding hydrogens is 466 g/mol. The van der Waals surface area contributed by atoms with Crippen LogP contribution in [-0.4, -0.2) is 43.8 Å². The minimum absolute atomic E-state index is 0.00429. The second-order valence-corrected chi connectivity index (χ2v) is 11.1. The van der Waals surface area contributed by atoms with E-state index in [0.29, 0.717) is 19.8 Å². The topological polar surface area (TPSA) is 30.9 Å². The van der Waals surface area contributed by atoms with Gasteiger partial charge in [-0.1, -0.05) is 115 Å². The van der Waals surface area contributed by atoms with Gasteiger partial charge in [0.2, 0.25) is 0 Å². The molecule has 0 bridgehead atoms. The number of rotatable bonds is 24. The normalized spacial score (nSPS) is 14.1. The average molecular weight is 520 g/mol. The lowest BCUT2D eigenvalue weighted by atomic mass is 10.0. The van der Waals surface area contributed by atoms with Crippen molar-refractivity contribution in [1.29, 1.82) is 0 Å². The molecular formula is C31H53NO3S. The van der Waals surface area contributed by atoms with Crippen molar-refractivity contribution in [1.82, 2.24) is 4.90 Å². The molecule has 1 heterocycles. The minimum Gasteiger partial charge on any atom is -0.379 e. The van der Waals surface area contributed by atoms with Gasteiger partial charge in [0.25, 0.3) is 0 Å². The molecule has 0 amide bonds. The molecule has 0 fully saturated rings. The molecule has 5 heteroatoms. The van der Waals surface area contributed by atoms with Crippen LogP contribution in [0.4, 0.5) is 0 Å². The summed E-state index contributed by atoms with van der Waals surface area (Å²) in [5.41, 5.74) is 2.53. The summed E-state index contributed by atoms with van der Waals surface area (Å²) in [5, 5.41) is 2.15. The first kappa shape index (κ1) is 31.2.